The Morgan fingerprint density at radius 2 is 2.26 bits per heavy atom. The fourth-order valence-corrected chi connectivity index (χ4v) is 5.25. The van der Waals surface area contributed by atoms with Crippen LogP contribution in [-0.4, -0.2) is 38.1 Å². The van der Waals surface area contributed by atoms with Gasteiger partial charge >= 0.3 is 0 Å². The standard InChI is InChI=1S/C12H13BrN2O2S2/c1-19(16,17)12-8-18-5-4-15(12)11-3-2-10(13)6-9(11)7-14/h2-3,6,12H,4-5,8H2,1H3. The highest BCUT2D eigenvalue weighted by atomic mass is 79.9. The highest BCUT2D eigenvalue weighted by Crippen LogP contribution is 2.30. The highest BCUT2D eigenvalue weighted by Gasteiger charge is 2.32. The van der Waals surface area contributed by atoms with E-state index in [0.717, 1.165) is 10.2 Å². The van der Waals surface area contributed by atoms with Gasteiger partial charge in [-0.2, -0.15) is 17.0 Å². The third kappa shape index (κ3) is 3.25. The van der Waals surface area contributed by atoms with Gasteiger partial charge in [0, 0.05) is 28.8 Å². The molecular weight excluding hydrogens is 348 g/mol. The van der Waals surface area contributed by atoms with Crippen LogP contribution >= 0.6 is 27.7 Å². The summed E-state index contributed by atoms with van der Waals surface area (Å²) >= 11 is 4.96. The third-order valence-corrected chi connectivity index (χ3v) is 6.10. The number of halogens is 1. The Kier molecular flexibility index (Phi) is 4.43. The summed E-state index contributed by atoms with van der Waals surface area (Å²) in [5.41, 5.74) is 1.19. The van der Waals surface area contributed by atoms with Crippen molar-refractivity contribution in [3.05, 3.63) is 28.2 Å². The molecule has 1 aliphatic rings. The zero-order valence-electron chi connectivity index (χ0n) is 10.3. The van der Waals surface area contributed by atoms with Gasteiger partial charge in [-0.1, -0.05) is 15.9 Å². The Balaban J connectivity index is 2.47. The molecule has 1 aromatic carbocycles. The fraction of sp³-hybridized carbons (Fsp3) is 0.417. The summed E-state index contributed by atoms with van der Waals surface area (Å²) in [4.78, 5) is 1.83. The molecule has 0 bridgehead atoms. The summed E-state index contributed by atoms with van der Waals surface area (Å²) in [5.74, 6) is 1.41. The first-order chi connectivity index (χ1) is 8.93. The SMILES string of the molecule is CS(=O)(=O)C1CSCCN1c1ccc(Br)cc1C#N. The minimum atomic E-state index is -3.17. The van der Waals surface area contributed by atoms with Crippen molar-refractivity contribution in [1.29, 1.82) is 5.26 Å². The van der Waals surface area contributed by atoms with Gasteiger partial charge < -0.3 is 4.90 Å². The molecule has 1 aliphatic heterocycles. The minimum Gasteiger partial charge on any atom is -0.352 e. The molecule has 0 spiro atoms. The number of nitriles is 1. The minimum absolute atomic E-state index is 0.495. The highest BCUT2D eigenvalue weighted by molar-refractivity contribution is 9.10. The maximum Gasteiger partial charge on any atom is 0.169 e. The van der Waals surface area contributed by atoms with E-state index >= 15 is 0 Å². The first-order valence-corrected chi connectivity index (χ1v) is 9.56. The first-order valence-electron chi connectivity index (χ1n) is 5.66. The van der Waals surface area contributed by atoms with Crippen LogP contribution in [0.4, 0.5) is 5.69 Å². The van der Waals surface area contributed by atoms with Gasteiger partial charge in [0.2, 0.25) is 0 Å². The van der Waals surface area contributed by atoms with E-state index in [2.05, 4.69) is 22.0 Å². The predicted molar refractivity (Wildman–Crippen MR) is 82.2 cm³/mol. The molecule has 1 heterocycles. The van der Waals surface area contributed by atoms with Crippen molar-refractivity contribution in [1.82, 2.24) is 0 Å². The lowest BCUT2D eigenvalue weighted by Crippen LogP contribution is -2.47. The molecule has 7 heteroatoms. The van der Waals surface area contributed by atoms with Crippen molar-refractivity contribution in [3.63, 3.8) is 0 Å². The Labute approximate surface area is 125 Å². The monoisotopic (exact) mass is 360 g/mol. The predicted octanol–water partition coefficient (Wildman–Crippen LogP) is 2.24. The van der Waals surface area contributed by atoms with Gasteiger partial charge in [0.05, 0.1) is 11.3 Å². The molecular formula is C12H13BrN2O2S2. The first kappa shape index (κ1) is 14.7. The number of rotatable bonds is 2. The number of benzene rings is 1. The van der Waals surface area contributed by atoms with Gasteiger partial charge in [0.1, 0.15) is 11.4 Å². The molecule has 102 valence electrons. The lowest BCUT2D eigenvalue weighted by atomic mass is 10.1. The Morgan fingerprint density at radius 1 is 1.53 bits per heavy atom. The molecule has 4 nitrogen and oxygen atoms in total. The van der Waals surface area contributed by atoms with E-state index in [0.29, 0.717) is 23.5 Å². The van der Waals surface area contributed by atoms with E-state index in [1.165, 1.54) is 6.26 Å². The zero-order chi connectivity index (χ0) is 14.0. The molecule has 1 atom stereocenters. The Hall–Kier alpha value is -0.710. The van der Waals surface area contributed by atoms with E-state index in [-0.39, 0.29) is 0 Å². The number of anilines is 1. The molecule has 0 saturated carbocycles. The average Bonchev–Trinajstić information content (AvgIpc) is 2.37. The van der Waals surface area contributed by atoms with Crippen LogP contribution in [0.3, 0.4) is 0 Å². The van der Waals surface area contributed by atoms with E-state index in [9.17, 15) is 13.7 Å². The summed E-state index contributed by atoms with van der Waals surface area (Å²) in [6.45, 7) is 0.638. The van der Waals surface area contributed by atoms with Crippen LogP contribution in [0.15, 0.2) is 22.7 Å². The molecule has 1 saturated heterocycles. The number of nitrogens with zero attached hydrogens (tertiary/aromatic N) is 2. The summed E-state index contributed by atoms with van der Waals surface area (Å²) < 4.78 is 24.6. The molecule has 19 heavy (non-hydrogen) atoms. The topological polar surface area (TPSA) is 61.2 Å². The van der Waals surface area contributed by atoms with Crippen LogP contribution in [0, 0.1) is 11.3 Å². The van der Waals surface area contributed by atoms with Gasteiger partial charge in [-0.05, 0) is 18.2 Å². The lowest BCUT2D eigenvalue weighted by molar-refractivity contribution is 0.584. The molecule has 0 radical (unpaired) electrons. The van der Waals surface area contributed by atoms with Crippen molar-refractivity contribution >= 4 is 43.2 Å². The van der Waals surface area contributed by atoms with Crippen LogP contribution in [0.1, 0.15) is 5.56 Å². The van der Waals surface area contributed by atoms with Crippen molar-refractivity contribution in [2.24, 2.45) is 0 Å². The van der Waals surface area contributed by atoms with Crippen molar-refractivity contribution in [2.45, 2.75) is 5.37 Å². The number of hydrogen-bond acceptors (Lipinski definition) is 5. The van der Waals surface area contributed by atoms with Gasteiger partial charge in [-0.3, -0.25) is 0 Å². The molecule has 0 amide bonds. The lowest BCUT2D eigenvalue weighted by Gasteiger charge is -2.36. The largest absolute Gasteiger partial charge is 0.352 e. The fourth-order valence-electron chi connectivity index (χ4n) is 2.06. The van der Waals surface area contributed by atoms with Gasteiger partial charge in [0.25, 0.3) is 0 Å². The second-order valence-electron chi connectivity index (χ2n) is 4.33. The van der Waals surface area contributed by atoms with E-state index in [1.54, 1.807) is 23.9 Å². The maximum atomic E-state index is 11.9. The van der Waals surface area contributed by atoms with Crippen LogP contribution in [0.25, 0.3) is 0 Å². The summed E-state index contributed by atoms with van der Waals surface area (Å²) in [5, 5.41) is 8.65. The van der Waals surface area contributed by atoms with E-state index < -0.39 is 15.2 Å². The van der Waals surface area contributed by atoms with Gasteiger partial charge in [-0.15, -0.1) is 0 Å². The smallest absolute Gasteiger partial charge is 0.169 e. The van der Waals surface area contributed by atoms with Crippen molar-refractivity contribution < 1.29 is 8.42 Å². The molecule has 0 N–H and O–H groups in total. The molecule has 0 aliphatic carbocycles. The second-order valence-corrected chi connectivity index (χ2v) is 8.59. The second kappa shape index (κ2) is 5.73. The van der Waals surface area contributed by atoms with Crippen LogP contribution in [-0.2, 0) is 9.84 Å². The van der Waals surface area contributed by atoms with Gasteiger partial charge in [0.15, 0.2) is 9.84 Å². The molecule has 2 rings (SSSR count). The van der Waals surface area contributed by atoms with Crippen LogP contribution < -0.4 is 4.90 Å². The normalized spacial score (nSPS) is 20.1. The van der Waals surface area contributed by atoms with Gasteiger partial charge in [-0.25, -0.2) is 8.42 Å². The average molecular weight is 361 g/mol. The zero-order valence-corrected chi connectivity index (χ0v) is 13.6. The maximum absolute atomic E-state index is 11.9. The summed E-state index contributed by atoms with van der Waals surface area (Å²) in [6.07, 6.45) is 1.25. The quantitative estimate of drug-likeness (QED) is 0.809. The van der Waals surface area contributed by atoms with E-state index in [1.807, 2.05) is 11.0 Å². The molecule has 1 aromatic rings. The molecule has 1 fully saturated rings. The third-order valence-electron chi connectivity index (χ3n) is 2.97. The molecule has 0 aromatic heterocycles. The van der Waals surface area contributed by atoms with Crippen LogP contribution in [0.2, 0.25) is 0 Å². The Bertz CT molecular complexity index is 625. The number of thioether (sulfide) groups is 1. The summed E-state index contributed by atoms with van der Waals surface area (Å²) in [7, 11) is -3.17. The van der Waals surface area contributed by atoms with Crippen molar-refractivity contribution in [3.8, 4) is 6.07 Å². The molecule has 1 unspecified atom stereocenters. The number of hydrogen-bond donors (Lipinski definition) is 0. The van der Waals surface area contributed by atoms with Crippen molar-refractivity contribution in [2.75, 3.05) is 29.2 Å². The summed E-state index contributed by atoms with van der Waals surface area (Å²) in [6, 6.07) is 7.48. The number of sulfone groups is 1. The van der Waals surface area contributed by atoms with E-state index in [4.69, 9.17) is 0 Å². The van der Waals surface area contributed by atoms with Crippen LogP contribution in [0.5, 0.6) is 0 Å². The Morgan fingerprint density at radius 3 is 2.89 bits per heavy atom.